The summed E-state index contributed by atoms with van der Waals surface area (Å²) in [6, 6.07) is 4.66. The van der Waals surface area contributed by atoms with Crippen molar-refractivity contribution in [2.24, 2.45) is 0 Å². The number of hydrogen-bond donors (Lipinski definition) is 1. The van der Waals surface area contributed by atoms with Crippen LogP contribution in [-0.2, 0) is 6.42 Å². The van der Waals surface area contributed by atoms with Gasteiger partial charge in [0.2, 0.25) is 0 Å². The number of ether oxygens (including phenoxy) is 1. The van der Waals surface area contributed by atoms with Crippen LogP contribution in [0, 0.1) is 5.82 Å². The summed E-state index contributed by atoms with van der Waals surface area (Å²) in [5.74, 6) is -0.202. The molecule has 0 aliphatic heterocycles. The van der Waals surface area contributed by atoms with Crippen LogP contribution >= 0.6 is 11.6 Å². The lowest BCUT2D eigenvalue weighted by atomic mass is 10.1. The first-order valence-corrected chi connectivity index (χ1v) is 4.77. The Bertz CT molecular complexity index is 357. The van der Waals surface area contributed by atoms with Crippen LogP contribution in [0.4, 0.5) is 9.18 Å². The van der Waals surface area contributed by atoms with Crippen molar-refractivity contribution in [2.75, 3.05) is 13.7 Å². The summed E-state index contributed by atoms with van der Waals surface area (Å²) in [4.78, 5) is 10.4. The smallest absolute Gasteiger partial charge is 0.313 e. The number of rotatable bonds is 4. The summed E-state index contributed by atoms with van der Waals surface area (Å²) in [7, 11) is 1.41. The van der Waals surface area contributed by atoms with Crippen molar-refractivity contribution in [1.82, 2.24) is 5.32 Å². The predicted molar refractivity (Wildman–Crippen MR) is 55.9 cm³/mol. The van der Waals surface area contributed by atoms with Crippen molar-refractivity contribution < 1.29 is 13.9 Å². The minimum Gasteiger partial charge on any atom is -0.494 e. The fourth-order valence-electron chi connectivity index (χ4n) is 1.17. The van der Waals surface area contributed by atoms with Gasteiger partial charge in [0.1, 0.15) is 0 Å². The Kier molecular flexibility index (Phi) is 4.37. The van der Waals surface area contributed by atoms with E-state index in [0.29, 0.717) is 13.0 Å². The molecule has 1 N–H and O–H groups in total. The van der Waals surface area contributed by atoms with Gasteiger partial charge in [0.15, 0.2) is 11.6 Å². The number of methoxy groups -OCH3 is 1. The number of benzene rings is 1. The van der Waals surface area contributed by atoms with Gasteiger partial charge in [0, 0.05) is 6.54 Å². The van der Waals surface area contributed by atoms with Gasteiger partial charge in [-0.25, -0.2) is 4.39 Å². The van der Waals surface area contributed by atoms with Gasteiger partial charge in [-0.1, -0.05) is 6.07 Å². The van der Waals surface area contributed by atoms with Crippen LogP contribution in [0.1, 0.15) is 5.56 Å². The minimum absolute atomic E-state index is 0.208. The fourth-order valence-corrected chi connectivity index (χ4v) is 1.26. The monoisotopic (exact) mass is 231 g/mol. The van der Waals surface area contributed by atoms with E-state index in [9.17, 15) is 9.18 Å². The molecule has 0 radical (unpaired) electrons. The first-order valence-electron chi connectivity index (χ1n) is 4.39. The average molecular weight is 232 g/mol. The maximum Gasteiger partial charge on any atom is 0.313 e. The van der Waals surface area contributed by atoms with Gasteiger partial charge in [-0.15, -0.1) is 0 Å². The van der Waals surface area contributed by atoms with E-state index < -0.39 is 11.2 Å². The van der Waals surface area contributed by atoms with Gasteiger partial charge in [-0.3, -0.25) is 4.79 Å². The topological polar surface area (TPSA) is 38.3 Å². The van der Waals surface area contributed by atoms with Crippen molar-refractivity contribution in [1.29, 1.82) is 0 Å². The zero-order valence-electron chi connectivity index (χ0n) is 8.22. The fraction of sp³-hybridized carbons (Fsp3) is 0.300. The molecule has 1 rings (SSSR count). The van der Waals surface area contributed by atoms with Gasteiger partial charge in [0.05, 0.1) is 7.11 Å². The maximum absolute atomic E-state index is 13.2. The van der Waals surface area contributed by atoms with Gasteiger partial charge in [-0.05, 0) is 35.7 Å². The minimum atomic E-state index is -0.607. The van der Waals surface area contributed by atoms with E-state index in [2.05, 4.69) is 5.32 Å². The van der Waals surface area contributed by atoms with Gasteiger partial charge in [0.25, 0.3) is 0 Å². The summed E-state index contributed by atoms with van der Waals surface area (Å²) in [5.41, 5.74) is 0.777. The highest BCUT2D eigenvalue weighted by molar-refractivity contribution is 6.62. The number of nitrogens with one attached hydrogen (secondary N) is 1. The predicted octanol–water partition coefficient (Wildman–Crippen LogP) is 2.33. The number of amides is 1. The third kappa shape index (κ3) is 3.75. The summed E-state index contributed by atoms with van der Waals surface area (Å²) in [6.45, 7) is 0.383. The summed E-state index contributed by atoms with van der Waals surface area (Å²) >= 11 is 5.08. The first-order chi connectivity index (χ1) is 7.13. The molecular weight excluding hydrogens is 221 g/mol. The molecule has 82 valence electrons. The Labute approximate surface area is 92.2 Å². The molecule has 0 bridgehead atoms. The molecule has 0 fully saturated rings. The highest BCUT2D eigenvalue weighted by Gasteiger charge is 2.03. The summed E-state index contributed by atoms with van der Waals surface area (Å²) < 4.78 is 18.0. The molecule has 0 unspecified atom stereocenters. The normalized spacial score (nSPS) is 9.80. The molecule has 3 nitrogen and oxygen atoms in total. The standard InChI is InChI=1S/C10H11ClFNO2/c1-15-9-3-2-7(6-8(9)12)4-5-13-10(11)14/h2-3,6H,4-5H2,1H3,(H,13,14). The Morgan fingerprint density at radius 2 is 2.33 bits per heavy atom. The molecule has 1 aromatic carbocycles. The average Bonchev–Trinajstić information content (AvgIpc) is 2.17. The molecule has 0 saturated heterocycles. The lowest BCUT2D eigenvalue weighted by Crippen LogP contribution is -2.19. The van der Waals surface area contributed by atoms with Gasteiger partial charge < -0.3 is 10.1 Å². The number of carbonyl (C=O) groups is 1. The van der Waals surface area contributed by atoms with E-state index in [1.807, 2.05) is 0 Å². The largest absolute Gasteiger partial charge is 0.494 e. The van der Waals surface area contributed by atoms with Crippen LogP contribution in [0.2, 0.25) is 0 Å². The SMILES string of the molecule is COc1ccc(CCNC(=O)Cl)cc1F. The van der Waals surface area contributed by atoms with Crippen molar-refractivity contribution in [3.8, 4) is 5.75 Å². The molecule has 0 aliphatic carbocycles. The highest BCUT2D eigenvalue weighted by Crippen LogP contribution is 2.17. The maximum atomic E-state index is 13.2. The molecule has 0 aromatic heterocycles. The van der Waals surface area contributed by atoms with E-state index >= 15 is 0 Å². The molecule has 15 heavy (non-hydrogen) atoms. The second-order valence-corrected chi connectivity index (χ2v) is 3.26. The highest BCUT2D eigenvalue weighted by atomic mass is 35.5. The van der Waals surface area contributed by atoms with Gasteiger partial charge in [-0.2, -0.15) is 0 Å². The molecule has 0 heterocycles. The number of carbonyl (C=O) groups excluding carboxylic acids is 1. The van der Waals surface area contributed by atoms with Crippen molar-refractivity contribution in [3.05, 3.63) is 29.6 Å². The van der Waals surface area contributed by atoms with Crippen LogP contribution in [0.3, 0.4) is 0 Å². The molecule has 5 heteroatoms. The second-order valence-electron chi connectivity index (χ2n) is 2.92. The Hall–Kier alpha value is -1.29. The lowest BCUT2D eigenvalue weighted by Gasteiger charge is -2.05. The van der Waals surface area contributed by atoms with Crippen molar-refractivity contribution in [3.63, 3.8) is 0 Å². The van der Waals surface area contributed by atoms with E-state index in [0.717, 1.165) is 5.56 Å². The van der Waals surface area contributed by atoms with Crippen LogP contribution < -0.4 is 10.1 Å². The summed E-state index contributed by atoms with van der Waals surface area (Å²) in [6.07, 6.45) is 0.527. The third-order valence-electron chi connectivity index (χ3n) is 1.89. The van der Waals surface area contributed by atoms with Crippen LogP contribution in [-0.4, -0.2) is 19.0 Å². The van der Waals surface area contributed by atoms with E-state index in [1.54, 1.807) is 12.1 Å². The Balaban J connectivity index is 2.55. The van der Waals surface area contributed by atoms with Crippen molar-refractivity contribution in [2.45, 2.75) is 6.42 Å². The zero-order valence-corrected chi connectivity index (χ0v) is 8.97. The molecule has 0 saturated carbocycles. The van der Waals surface area contributed by atoms with E-state index in [4.69, 9.17) is 16.3 Å². The Morgan fingerprint density at radius 3 is 2.87 bits per heavy atom. The van der Waals surface area contributed by atoms with E-state index in [1.165, 1.54) is 13.2 Å². The van der Waals surface area contributed by atoms with Crippen LogP contribution in [0.15, 0.2) is 18.2 Å². The molecule has 0 spiro atoms. The van der Waals surface area contributed by atoms with Crippen LogP contribution in [0.25, 0.3) is 0 Å². The molecule has 1 amide bonds. The first kappa shape index (κ1) is 11.8. The Morgan fingerprint density at radius 1 is 1.60 bits per heavy atom. The van der Waals surface area contributed by atoms with E-state index in [-0.39, 0.29) is 5.75 Å². The molecule has 1 aromatic rings. The zero-order chi connectivity index (χ0) is 11.3. The van der Waals surface area contributed by atoms with Crippen molar-refractivity contribution >= 4 is 17.0 Å². The van der Waals surface area contributed by atoms with Gasteiger partial charge >= 0.3 is 5.37 Å². The third-order valence-corrected chi connectivity index (χ3v) is 2.03. The summed E-state index contributed by atoms with van der Waals surface area (Å²) in [5, 5.41) is 1.81. The number of halogens is 2. The molecular formula is C10H11ClFNO2. The lowest BCUT2D eigenvalue weighted by molar-refractivity contribution is 0.260. The quantitative estimate of drug-likeness (QED) is 0.638. The number of hydrogen-bond acceptors (Lipinski definition) is 2. The molecule has 0 aliphatic rings. The molecule has 0 atom stereocenters. The van der Waals surface area contributed by atoms with Crippen LogP contribution in [0.5, 0.6) is 5.75 Å². The second kappa shape index (κ2) is 5.56.